The van der Waals surface area contributed by atoms with Gasteiger partial charge >= 0.3 is 5.97 Å². The topological polar surface area (TPSA) is 52.3 Å². The SMILES string of the molecule is COC(=O)CC(C)CC(N)c1csc2ccccc12. The zero-order valence-electron chi connectivity index (χ0n) is 11.3. The summed E-state index contributed by atoms with van der Waals surface area (Å²) in [6, 6.07) is 8.24. The zero-order chi connectivity index (χ0) is 13.8. The molecule has 3 nitrogen and oxygen atoms in total. The molecule has 2 atom stereocenters. The smallest absolute Gasteiger partial charge is 0.305 e. The van der Waals surface area contributed by atoms with E-state index in [1.54, 1.807) is 11.3 Å². The normalized spacial score (nSPS) is 14.3. The van der Waals surface area contributed by atoms with Crippen molar-refractivity contribution in [3.05, 3.63) is 35.2 Å². The van der Waals surface area contributed by atoms with Crippen LogP contribution in [0.3, 0.4) is 0 Å². The second-order valence-electron chi connectivity index (χ2n) is 4.91. The fourth-order valence-corrected chi connectivity index (χ4v) is 3.32. The van der Waals surface area contributed by atoms with Gasteiger partial charge in [0.05, 0.1) is 7.11 Å². The first-order valence-electron chi connectivity index (χ1n) is 6.40. The summed E-state index contributed by atoms with van der Waals surface area (Å²) >= 11 is 1.72. The first-order valence-corrected chi connectivity index (χ1v) is 7.28. The lowest BCUT2D eigenvalue weighted by Gasteiger charge is -2.16. The molecule has 102 valence electrons. The third kappa shape index (κ3) is 3.33. The highest BCUT2D eigenvalue weighted by Crippen LogP contribution is 2.32. The Morgan fingerprint density at radius 1 is 1.42 bits per heavy atom. The lowest BCUT2D eigenvalue weighted by Crippen LogP contribution is -2.16. The number of ether oxygens (including phenoxy) is 1. The van der Waals surface area contributed by atoms with E-state index in [2.05, 4.69) is 22.2 Å². The first kappa shape index (κ1) is 14.0. The van der Waals surface area contributed by atoms with Gasteiger partial charge in [-0.05, 0) is 34.7 Å². The molecule has 0 aliphatic carbocycles. The molecule has 0 radical (unpaired) electrons. The standard InChI is InChI=1S/C15H19NO2S/c1-10(8-15(17)18-2)7-13(16)12-9-19-14-6-4-3-5-11(12)14/h3-6,9-10,13H,7-8,16H2,1-2H3. The Morgan fingerprint density at radius 2 is 2.16 bits per heavy atom. The molecule has 2 N–H and O–H groups in total. The number of carbonyl (C=O) groups excluding carboxylic acids is 1. The van der Waals surface area contributed by atoms with E-state index in [1.165, 1.54) is 22.8 Å². The minimum Gasteiger partial charge on any atom is -0.469 e. The largest absolute Gasteiger partial charge is 0.469 e. The summed E-state index contributed by atoms with van der Waals surface area (Å²) in [4.78, 5) is 11.2. The van der Waals surface area contributed by atoms with Crippen LogP contribution < -0.4 is 5.73 Å². The third-order valence-corrected chi connectivity index (χ3v) is 4.29. The van der Waals surface area contributed by atoms with E-state index in [9.17, 15) is 4.79 Å². The van der Waals surface area contributed by atoms with Crippen molar-refractivity contribution in [2.45, 2.75) is 25.8 Å². The van der Waals surface area contributed by atoms with Crippen LogP contribution >= 0.6 is 11.3 Å². The quantitative estimate of drug-likeness (QED) is 0.851. The number of rotatable bonds is 5. The number of esters is 1. The molecular formula is C15H19NO2S. The molecule has 0 amide bonds. The average molecular weight is 277 g/mol. The molecule has 0 saturated carbocycles. The zero-order valence-corrected chi connectivity index (χ0v) is 12.1. The van der Waals surface area contributed by atoms with Crippen molar-refractivity contribution in [3.63, 3.8) is 0 Å². The number of hydrogen-bond acceptors (Lipinski definition) is 4. The molecule has 0 saturated heterocycles. The number of thiophene rings is 1. The van der Waals surface area contributed by atoms with E-state index >= 15 is 0 Å². The molecule has 2 aromatic rings. The van der Waals surface area contributed by atoms with E-state index in [0.717, 1.165) is 6.42 Å². The van der Waals surface area contributed by atoms with Gasteiger partial charge in [0.25, 0.3) is 0 Å². The number of nitrogens with two attached hydrogens (primary N) is 1. The molecule has 0 aliphatic rings. The average Bonchev–Trinajstić information content (AvgIpc) is 2.82. The van der Waals surface area contributed by atoms with Crippen LogP contribution in [0.25, 0.3) is 10.1 Å². The Labute approximate surface area is 117 Å². The fourth-order valence-electron chi connectivity index (χ4n) is 2.30. The highest BCUT2D eigenvalue weighted by atomic mass is 32.1. The van der Waals surface area contributed by atoms with Gasteiger partial charge in [0.2, 0.25) is 0 Å². The molecule has 1 heterocycles. The molecule has 1 aromatic heterocycles. The molecule has 2 unspecified atom stereocenters. The van der Waals surface area contributed by atoms with Crippen LogP contribution in [0, 0.1) is 5.92 Å². The highest BCUT2D eigenvalue weighted by Gasteiger charge is 2.17. The minimum atomic E-state index is -0.171. The lowest BCUT2D eigenvalue weighted by atomic mass is 9.94. The highest BCUT2D eigenvalue weighted by molar-refractivity contribution is 7.17. The monoisotopic (exact) mass is 277 g/mol. The Hall–Kier alpha value is -1.39. The Bertz CT molecular complexity index is 564. The van der Waals surface area contributed by atoms with Gasteiger partial charge in [-0.2, -0.15) is 0 Å². The summed E-state index contributed by atoms with van der Waals surface area (Å²) in [7, 11) is 1.42. The van der Waals surface area contributed by atoms with Gasteiger partial charge in [0, 0.05) is 17.2 Å². The van der Waals surface area contributed by atoms with Crippen molar-refractivity contribution < 1.29 is 9.53 Å². The van der Waals surface area contributed by atoms with Crippen molar-refractivity contribution in [1.82, 2.24) is 0 Å². The molecule has 0 aliphatic heterocycles. The van der Waals surface area contributed by atoms with Crippen molar-refractivity contribution in [2.75, 3.05) is 7.11 Å². The molecule has 2 rings (SSSR count). The van der Waals surface area contributed by atoms with Crippen LogP contribution in [0.5, 0.6) is 0 Å². The molecule has 4 heteroatoms. The maximum atomic E-state index is 11.2. The summed E-state index contributed by atoms with van der Waals surface area (Å²) < 4.78 is 5.94. The lowest BCUT2D eigenvalue weighted by molar-refractivity contribution is -0.141. The maximum Gasteiger partial charge on any atom is 0.305 e. The van der Waals surface area contributed by atoms with Gasteiger partial charge in [-0.15, -0.1) is 11.3 Å². The van der Waals surface area contributed by atoms with E-state index in [4.69, 9.17) is 5.73 Å². The van der Waals surface area contributed by atoms with Crippen molar-refractivity contribution in [2.24, 2.45) is 11.7 Å². The Balaban J connectivity index is 2.07. The molecule has 0 fully saturated rings. The van der Waals surface area contributed by atoms with E-state index in [1.807, 2.05) is 19.1 Å². The third-order valence-electron chi connectivity index (χ3n) is 3.31. The number of benzene rings is 1. The predicted octanol–water partition coefficient (Wildman–Crippen LogP) is 3.49. The summed E-state index contributed by atoms with van der Waals surface area (Å²) in [5.74, 6) is 0.0518. The van der Waals surface area contributed by atoms with Crippen LogP contribution in [-0.2, 0) is 9.53 Å². The first-order chi connectivity index (χ1) is 9.11. The van der Waals surface area contributed by atoms with Crippen LogP contribution in [0.15, 0.2) is 29.6 Å². The van der Waals surface area contributed by atoms with E-state index in [-0.39, 0.29) is 17.9 Å². The van der Waals surface area contributed by atoms with Crippen LogP contribution in [0.1, 0.15) is 31.4 Å². The maximum absolute atomic E-state index is 11.2. The van der Waals surface area contributed by atoms with Crippen LogP contribution in [0.4, 0.5) is 0 Å². The molecule has 0 bridgehead atoms. The van der Waals surface area contributed by atoms with Crippen molar-refractivity contribution in [1.29, 1.82) is 0 Å². The molecule has 19 heavy (non-hydrogen) atoms. The minimum absolute atomic E-state index is 0.0317. The number of hydrogen-bond donors (Lipinski definition) is 1. The molecule has 1 aromatic carbocycles. The van der Waals surface area contributed by atoms with Gasteiger partial charge in [0.1, 0.15) is 0 Å². The van der Waals surface area contributed by atoms with E-state index < -0.39 is 0 Å². The van der Waals surface area contributed by atoms with Crippen molar-refractivity contribution >= 4 is 27.4 Å². The van der Waals surface area contributed by atoms with Gasteiger partial charge in [-0.3, -0.25) is 4.79 Å². The second-order valence-corrected chi connectivity index (χ2v) is 5.83. The van der Waals surface area contributed by atoms with Crippen LogP contribution in [0.2, 0.25) is 0 Å². The van der Waals surface area contributed by atoms with Gasteiger partial charge in [0.15, 0.2) is 0 Å². The molecule has 0 spiro atoms. The van der Waals surface area contributed by atoms with Gasteiger partial charge in [-0.1, -0.05) is 25.1 Å². The van der Waals surface area contributed by atoms with Crippen LogP contribution in [-0.4, -0.2) is 13.1 Å². The Kier molecular flexibility index (Phi) is 4.56. The van der Waals surface area contributed by atoms with Gasteiger partial charge in [-0.25, -0.2) is 0 Å². The predicted molar refractivity (Wildman–Crippen MR) is 79.2 cm³/mol. The summed E-state index contributed by atoms with van der Waals surface area (Å²) in [5.41, 5.74) is 7.46. The van der Waals surface area contributed by atoms with E-state index in [0.29, 0.717) is 6.42 Å². The summed E-state index contributed by atoms with van der Waals surface area (Å²) in [6.45, 7) is 2.03. The van der Waals surface area contributed by atoms with Crippen molar-refractivity contribution in [3.8, 4) is 0 Å². The van der Waals surface area contributed by atoms with Gasteiger partial charge < -0.3 is 10.5 Å². The number of carbonyl (C=O) groups is 1. The summed E-state index contributed by atoms with van der Waals surface area (Å²) in [5, 5.41) is 3.35. The summed E-state index contributed by atoms with van der Waals surface area (Å²) in [6.07, 6.45) is 1.21. The molecular weight excluding hydrogens is 258 g/mol. The Morgan fingerprint density at radius 3 is 2.89 bits per heavy atom. The number of methoxy groups -OCH3 is 1. The number of fused-ring (bicyclic) bond motifs is 1. The second kappa shape index (κ2) is 6.17. The fraction of sp³-hybridized carbons (Fsp3) is 0.400.